The van der Waals surface area contributed by atoms with E-state index >= 15 is 0 Å². The predicted octanol–water partition coefficient (Wildman–Crippen LogP) is 3.85. The van der Waals surface area contributed by atoms with Crippen LogP contribution in [-0.4, -0.2) is 22.5 Å². The molecule has 7 heteroatoms. The third kappa shape index (κ3) is 2.95. The van der Waals surface area contributed by atoms with Gasteiger partial charge in [-0.3, -0.25) is 4.79 Å². The van der Waals surface area contributed by atoms with Gasteiger partial charge >= 0.3 is 0 Å². The van der Waals surface area contributed by atoms with Crippen LogP contribution in [-0.2, 0) is 17.6 Å². The van der Waals surface area contributed by atoms with E-state index in [9.17, 15) is 4.79 Å². The highest BCUT2D eigenvalue weighted by molar-refractivity contribution is 7.18. The largest absolute Gasteiger partial charge is 0.467 e. The first kappa shape index (κ1) is 15.4. The predicted molar refractivity (Wildman–Crippen MR) is 95.0 cm³/mol. The number of rotatable bonds is 4. The standard InChI is InChI=1S/C17H14ClN3O2S/c18-10-4-6-11(7-5-10)21-14(22)8-23-16-15-12-2-1-3-13(12)24-17(15)20-9-19-16/h4-7,9H,1-3,8H2,(H,21,22). The number of hydrogen-bond acceptors (Lipinski definition) is 5. The molecule has 2 aromatic heterocycles. The Morgan fingerprint density at radius 2 is 2.08 bits per heavy atom. The fraction of sp³-hybridized carbons (Fsp3) is 0.235. The Kier molecular flexibility index (Phi) is 4.08. The molecule has 0 fully saturated rings. The summed E-state index contributed by atoms with van der Waals surface area (Å²) < 4.78 is 5.68. The van der Waals surface area contributed by atoms with E-state index in [1.54, 1.807) is 35.6 Å². The number of halogens is 1. The minimum Gasteiger partial charge on any atom is -0.467 e. The van der Waals surface area contributed by atoms with Crippen molar-refractivity contribution in [1.82, 2.24) is 9.97 Å². The Morgan fingerprint density at radius 3 is 2.92 bits per heavy atom. The van der Waals surface area contributed by atoms with Gasteiger partial charge in [0.05, 0.1) is 5.39 Å². The van der Waals surface area contributed by atoms with Crippen molar-refractivity contribution >= 4 is 44.7 Å². The van der Waals surface area contributed by atoms with Crippen LogP contribution in [0.3, 0.4) is 0 Å². The van der Waals surface area contributed by atoms with E-state index in [2.05, 4.69) is 15.3 Å². The molecule has 2 heterocycles. The van der Waals surface area contributed by atoms with Gasteiger partial charge in [0.1, 0.15) is 11.2 Å². The van der Waals surface area contributed by atoms with Crippen LogP contribution in [0.25, 0.3) is 10.2 Å². The number of carbonyl (C=O) groups excluding carboxylic acids is 1. The van der Waals surface area contributed by atoms with Crippen molar-refractivity contribution in [2.75, 3.05) is 11.9 Å². The number of hydrogen-bond donors (Lipinski definition) is 1. The SMILES string of the molecule is O=C(COc1ncnc2sc3c(c12)CCC3)Nc1ccc(Cl)cc1. The molecular formula is C17H14ClN3O2S. The molecule has 0 atom stereocenters. The zero-order valence-electron chi connectivity index (χ0n) is 12.7. The number of nitrogens with one attached hydrogen (secondary N) is 1. The van der Waals surface area contributed by atoms with Crippen molar-refractivity contribution in [2.45, 2.75) is 19.3 Å². The van der Waals surface area contributed by atoms with Gasteiger partial charge in [-0.2, -0.15) is 0 Å². The van der Waals surface area contributed by atoms with Crippen LogP contribution < -0.4 is 10.1 Å². The molecule has 0 unspecified atom stereocenters. The minimum absolute atomic E-state index is 0.0979. The molecular weight excluding hydrogens is 346 g/mol. The van der Waals surface area contributed by atoms with Gasteiger partial charge in [0.25, 0.3) is 5.91 Å². The third-order valence-corrected chi connectivity index (χ3v) is 5.39. The van der Waals surface area contributed by atoms with Gasteiger partial charge in [-0.15, -0.1) is 11.3 Å². The Balaban J connectivity index is 1.48. The maximum absolute atomic E-state index is 12.1. The summed E-state index contributed by atoms with van der Waals surface area (Å²) in [4.78, 5) is 22.9. The van der Waals surface area contributed by atoms with E-state index in [1.807, 2.05) is 0 Å². The highest BCUT2D eigenvalue weighted by atomic mass is 35.5. The van der Waals surface area contributed by atoms with Crippen molar-refractivity contribution in [1.29, 1.82) is 0 Å². The second kappa shape index (κ2) is 6.37. The Hall–Kier alpha value is -2.18. The molecule has 4 rings (SSSR count). The van der Waals surface area contributed by atoms with Crippen LogP contribution in [0.5, 0.6) is 5.88 Å². The molecule has 1 aromatic carbocycles. The number of fused-ring (bicyclic) bond motifs is 3. The van der Waals surface area contributed by atoms with Gasteiger partial charge in [0.2, 0.25) is 5.88 Å². The van der Waals surface area contributed by atoms with Crippen LogP contribution in [0.2, 0.25) is 5.02 Å². The van der Waals surface area contributed by atoms with Gasteiger partial charge in [-0.05, 0) is 49.1 Å². The van der Waals surface area contributed by atoms with E-state index in [0.717, 1.165) is 29.5 Å². The van der Waals surface area contributed by atoms with Crippen molar-refractivity contribution in [3.05, 3.63) is 46.1 Å². The second-order valence-electron chi connectivity index (χ2n) is 5.56. The Bertz CT molecular complexity index is 908. The molecule has 1 N–H and O–H groups in total. The van der Waals surface area contributed by atoms with Crippen LogP contribution >= 0.6 is 22.9 Å². The molecule has 1 aliphatic rings. The molecule has 0 aliphatic heterocycles. The van der Waals surface area contributed by atoms with E-state index < -0.39 is 0 Å². The topological polar surface area (TPSA) is 64.1 Å². The number of carbonyl (C=O) groups is 1. The molecule has 0 saturated carbocycles. The maximum Gasteiger partial charge on any atom is 0.262 e. The monoisotopic (exact) mass is 359 g/mol. The second-order valence-corrected chi connectivity index (χ2v) is 7.08. The first-order valence-corrected chi connectivity index (χ1v) is 8.83. The molecule has 1 amide bonds. The normalized spacial score (nSPS) is 13.0. The number of ether oxygens (including phenoxy) is 1. The lowest BCUT2D eigenvalue weighted by Gasteiger charge is -2.08. The smallest absolute Gasteiger partial charge is 0.262 e. The van der Waals surface area contributed by atoms with Crippen LogP contribution in [0.15, 0.2) is 30.6 Å². The summed E-state index contributed by atoms with van der Waals surface area (Å²) in [7, 11) is 0. The average Bonchev–Trinajstić information content (AvgIpc) is 3.16. The number of anilines is 1. The molecule has 24 heavy (non-hydrogen) atoms. The first-order valence-electron chi connectivity index (χ1n) is 7.64. The zero-order valence-corrected chi connectivity index (χ0v) is 14.3. The maximum atomic E-state index is 12.1. The number of amides is 1. The molecule has 0 radical (unpaired) electrons. The summed E-state index contributed by atoms with van der Waals surface area (Å²) in [6.07, 6.45) is 4.76. The summed E-state index contributed by atoms with van der Waals surface area (Å²) in [5.41, 5.74) is 1.96. The van der Waals surface area contributed by atoms with Gasteiger partial charge in [0.15, 0.2) is 6.61 Å². The van der Waals surface area contributed by atoms with Crippen molar-refractivity contribution in [3.63, 3.8) is 0 Å². The van der Waals surface area contributed by atoms with E-state index in [1.165, 1.54) is 16.8 Å². The summed E-state index contributed by atoms with van der Waals surface area (Å²) in [5.74, 6) is 0.251. The van der Waals surface area contributed by atoms with Crippen molar-refractivity contribution in [3.8, 4) is 5.88 Å². The van der Waals surface area contributed by atoms with Crippen LogP contribution in [0.1, 0.15) is 16.9 Å². The fourth-order valence-electron chi connectivity index (χ4n) is 2.87. The number of aryl methyl sites for hydroxylation is 2. The molecule has 0 spiro atoms. The lowest BCUT2D eigenvalue weighted by Crippen LogP contribution is -2.20. The average molecular weight is 360 g/mol. The van der Waals surface area contributed by atoms with Gasteiger partial charge in [-0.1, -0.05) is 11.6 Å². The fourth-order valence-corrected chi connectivity index (χ4v) is 4.22. The molecule has 0 saturated heterocycles. The van der Waals surface area contributed by atoms with Gasteiger partial charge in [-0.25, -0.2) is 9.97 Å². The molecule has 0 bridgehead atoms. The third-order valence-electron chi connectivity index (χ3n) is 3.93. The van der Waals surface area contributed by atoms with Gasteiger partial charge < -0.3 is 10.1 Å². The summed E-state index contributed by atoms with van der Waals surface area (Å²) in [6, 6.07) is 6.94. The number of aromatic nitrogens is 2. The van der Waals surface area contributed by atoms with Crippen LogP contribution in [0.4, 0.5) is 5.69 Å². The summed E-state index contributed by atoms with van der Waals surface area (Å²) in [6.45, 7) is -0.0979. The van der Waals surface area contributed by atoms with E-state index in [4.69, 9.17) is 16.3 Å². The Labute approximate surface area is 147 Å². The number of nitrogens with zero attached hydrogens (tertiary/aromatic N) is 2. The highest BCUT2D eigenvalue weighted by Crippen LogP contribution is 2.39. The summed E-state index contributed by atoms with van der Waals surface area (Å²) in [5, 5.41) is 4.36. The van der Waals surface area contributed by atoms with Gasteiger partial charge in [0, 0.05) is 15.6 Å². The summed E-state index contributed by atoms with van der Waals surface area (Å²) >= 11 is 7.52. The molecule has 5 nitrogen and oxygen atoms in total. The molecule has 122 valence electrons. The van der Waals surface area contributed by atoms with E-state index in [-0.39, 0.29) is 12.5 Å². The Morgan fingerprint density at radius 1 is 1.25 bits per heavy atom. The molecule has 1 aliphatic carbocycles. The lowest BCUT2D eigenvalue weighted by atomic mass is 10.2. The molecule has 3 aromatic rings. The number of thiophene rings is 1. The number of benzene rings is 1. The van der Waals surface area contributed by atoms with E-state index in [0.29, 0.717) is 16.6 Å². The zero-order chi connectivity index (χ0) is 16.5. The highest BCUT2D eigenvalue weighted by Gasteiger charge is 2.22. The van der Waals surface area contributed by atoms with Crippen molar-refractivity contribution < 1.29 is 9.53 Å². The minimum atomic E-state index is -0.240. The lowest BCUT2D eigenvalue weighted by molar-refractivity contribution is -0.118. The van der Waals surface area contributed by atoms with Crippen molar-refractivity contribution in [2.24, 2.45) is 0 Å². The first-order chi connectivity index (χ1) is 11.7. The van der Waals surface area contributed by atoms with Crippen LogP contribution in [0, 0.1) is 0 Å². The quantitative estimate of drug-likeness (QED) is 0.768.